The van der Waals surface area contributed by atoms with E-state index >= 15 is 0 Å². The predicted octanol–water partition coefficient (Wildman–Crippen LogP) is -0.105. The number of aliphatic hydroxyl groups is 1. The molecule has 2 saturated heterocycles. The number of likely N-dealkylation sites (tertiary alicyclic amines) is 1. The van der Waals surface area contributed by atoms with Gasteiger partial charge in [-0.05, 0) is 6.42 Å². The van der Waals surface area contributed by atoms with Crippen LogP contribution in [0.3, 0.4) is 0 Å². The molecule has 2 aliphatic heterocycles. The highest BCUT2D eigenvalue weighted by atomic mass is 16.5. The van der Waals surface area contributed by atoms with Gasteiger partial charge >= 0.3 is 0 Å². The zero-order valence-electron chi connectivity index (χ0n) is 8.69. The summed E-state index contributed by atoms with van der Waals surface area (Å²) in [5.41, 5.74) is -0.745. The Bertz CT molecular complexity index is 270. The van der Waals surface area contributed by atoms with Crippen molar-refractivity contribution in [2.45, 2.75) is 31.0 Å². The molecule has 84 valence electrons. The summed E-state index contributed by atoms with van der Waals surface area (Å²) in [5, 5.41) is 10.4. The van der Waals surface area contributed by atoms with E-state index in [2.05, 4.69) is 4.99 Å². The van der Waals surface area contributed by atoms with Gasteiger partial charge in [-0.3, -0.25) is 4.90 Å². The quantitative estimate of drug-likeness (QED) is 0.512. The second-order valence-electron chi connectivity index (χ2n) is 4.20. The Morgan fingerprint density at radius 1 is 1.47 bits per heavy atom. The summed E-state index contributed by atoms with van der Waals surface area (Å²) >= 11 is 0. The van der Waals surface area contributed by atoms with Crippen LogP contribution < -0.4 is 0 Å². The normalized spacial score (nSPS) is 31.1. The first-order valence-corrected chi connectivity index (χ1v) is 5.37. The number of aliphatic imine (C=N–C) groups is 1. The molecule has 2 aliphatic rings. The minimum absolute atomic E-state index is 0.00868. The molecule has 0 aliphatic carbocycles. The van der Waals surface area contributed by atoms with Gasteiger partial charge in [0, 0.05) is 25.9 Å². The molecule has 5 heteroatoms. The molecule has 1 unspecified atom stereocenters. The Morgan fingerprint density at radius 3 is 2.87 bits per heavy atom. The first-order valence-electron chi connectivity index (χ1n) is 5.37. The van der Waals surface area contributed by atoms with Crippen molar-refractivity contribution in [1.82, 2.24) is 4.90 Å². The van der Waals surface area contributed by atoms with Crippen molar-refractivity contribution in [2.24, 2.45) is 4.99 Å². The Balaban J connectivity index is 1.96. The van der Waals surface area contributed by atoms with Crippen LogP contribution in [0.4, 0.5) is 0 Å². The van der Waals surface area contributed by atoms with Crippen LogP contribution in [0.25, 0.3) is 0 Å². The fourth-order valence-electron chi connectivity index (χ4n) is 2.31. The lowest BCUT2D eigenvalue weighted by Crippen LogP contribution is -2.51. The number of rotatable bonds is 2. The Kier molecular flexibility index (Phi) is 3.17. The average Bonchev–Trinajstić information content (AvgIpc) is 2.69. The van der Waals surface area contributed by atoms with Crippen molar-refractivity contribution in [3.8, 4) is 0 Å². The highest BCUT2D eigenvalue weighted by Gasteiger charge is 2.40. The Hall–Kier alpha value is -0.740. The van der Waals surface area contributed by atoms with Gasteiger partial charge in [0.2, 0.25) is 6.08 Å². The molecular formula is C10H16N2O3. The summed E-state index contributed by atoms with van der Waals surface area (Å²) in [6, 6.07) is 0.00868. The monoisotopic (exact) mass is 212 g/mol. The van der Waals surface area contributed by atoms with Crippen molar-refractivity contribution < 1.29 is 14.6 Å². The Labute approximate surface area is 88.7 Å². The van der Waals surface area contributed by atoms with E-state index in [1.54, 1.807) is 6.08 Å². The van der Waals surface area contributed by atoms with Crippen LogP contribution in [0.2, 0.25) is 0 Å². The molecule has 0 spiro atoms. The minimum atomic E-state index is -0.745. The molecule has 0 radical (unpaired) electrons. The first kappa shape index (κ1) is 10.8. The third-order valence-corrected chi connectivity index (χ3v) is 3.28. The third-order valence-electron chi connectivity index (χ3n) is 3.28. The molecule has 5 nitrogen and oxygen atoms in total. The molecule has 0 aromatic rings. The maximum absolute atomic E-state index is 10.4. The first-order chi connectivity index (χ1) is 7.24. The van der Waals surface area contributed by atoms with Crippen molar-refractivity contribution in [3.05, 3.63) is 0 Å². The molecule has 2 heterocycles. The van der Waals surface area contributed by atoms with E-state index in [-0.39, 0.29) is 6.04 Å². The second kappa shape index (κ2) is 4.41. The standard InChI is InChI=1S/C10H16N2O3/c13-8-11-9-1-4-12(7-9)10(14)2-5-15-6-3-10/h9,14H,1-7H2. The van der Waals surface area contributed by atoms with Crippen LogP contribution in [-0.2, 0) is 9.53 Å². The maximum atomic E-state index is 10.4. The number of carbonyl (C=O) groups excluding carboxylic acids is 1. The van der Waals surface area contributed by atoms with E-state index in [4.69, 9.17) is 4.74 Å². The van der Waals surface area contributed by atoms with Gasteiger partial charge in [0.1, 0.15) is 5.72 Å². The molecule has 2 rings (SSSR count). The highest BCUT2D eigenvalue weighted by Crippen LogP contribution is 2.29. The summed E-state index contributed by atoms with van der Waals surface area (Å²) in [6.07, 6.45) is 3.71. The number of hydrogen-bond acceptors (Lipinski definition) is 5. The molecular weight excluding hydrogens is 196 g/mol. The van der Waals surface area contributed by atoms with Crippen LogP contribution in [0.5, 0.6) is 0 Å². The molecule has 15 heavy (non-hydrogen) atoms. The van der Waals surface area contributed by atoms with E-state index in [1.165, 1.54) is 0 Å². The van der Waals surface area contributed by atoms with E-state index in [0.29, 0.717) is 32.6 Å². The van der Waals surface area contributed by atoms with E-state index in [9.17, 15) is 9.90 Å². The zero-order valence-corrected chi connectivity index (χ0v) is 8.69. The predicted molar refractivity (Wildman–Crippen MR) is 53.1 cm³/mol. The SMILES string of the molecule is O=C=NC1CCN(C2(O)CCOCC2)C1. The van der Waals surface area contributed by atoms with Gasteiger partial charge in [0.15, 0.2) is 0 Å². The van der Waals surface area contributed by atoms with Gasteiger partial charge in [0.05, 0.1) is 19.3 Å². The fourth-order valence-corrected chi connectivity index (χ4v) is 2.31. The summed E-state index contributed by atoms with van der Waals surface area (Å²) in [4.78, 5) is 15.9. The lowest BCUT2D eigenvalue weighted by molar-refractivity contribution is -0.155. The number of nitrogens with zero attached hydrogens (tertiary/aromatic N) is 2. The van der Waals surface area contributed by atoms with Crippen molar-refractivity contribution >= 4 is 6.08 Å². The lowest BCUT2D eigenvalue weighted by atomic mass is 10.0. The van der Waals surface area contributed by atoms with Crippen LogP contribution in [0.15, 0.2) is 4.99 Å². The fraction of sp³-hybridized carbons (Fsp3) is 0.900. The summed E-state index contributed by atoms with van der Waals surface area (Å²) in [6.45, 7) is 2.67. The number of isocyanates is 1. The Morgan fingerprint density at radius 2 is 2.20 bits per heavy atom. The van der Waals surface area contributed by atoms with Gasteiger partial charge in [0.25, 0.3) is 0 Å². The molecule has 1 atom stereocenters. The van der Waals surface area contributed by atoms with Crippen LogP contribution >= 0.6 is 0 Å². The van der Waals surface area contributed by atoms with Crippen LogP contribution in [0.1, 0.15) is 19.3 Å². The summed E-state index contributed by atoms with van der Waals surface area (Å²) in [7, 11) is 0. The van der Waals surface area contributed by atoms with Gasteiger partial charge in [-0.25, -0.2) is 9.79 Å². The second-order valence-corrected chi connectivity index (χ2v) is 4.20. The molecule has 1 N–H and O–H groups in total. The number of hydrogen-bond donors (Lipinski definition) is 1. The topological polar surface area (TPSA) is 62.1 Å². The smallest absolute Gasteiger partial charge is 0.235 e. The molecule has 0 saturated carbocycles. The molecule has 0 amide bonds. The largest absolute Gasteiger partial charge is 0.381 e. The van der Waals surface area contributed by atoms with Gasteiger partial charge in [-0.2, -0.15) is 0 Å². The maximum Gasteiger partial charge on any atom is 0.235 e. The van der Waals surface area contributed by atoms with Crippen molar-refractivity contribution in [3.63, 3.8) is 0 Å². The van der Waals surface area contributed by atoms with E-state index in [0.717, 1.165) is 13.0 Å². The molecule has 2 fully saturated rings. The molecule has 0 bridgehead atoms. The lowest BCUT2D eigenvalue weighted by Gasteiger charge is -2.39. The van der Waals surface area contributed by atoms with Crippen molar-refractivity contribution in [1.29, 1.82) is 0 Å². The molecule has 0 aromatic heterocycles. The van der Waals surface area contributed by atoms with Gasteiger partial charge < -0.3 is 9.84 Å². The zero-order chi connectivity index (χ0) is 10.7. The summed E-state index contributed by atoms with van der Waals surface area (Å²) in [5.74, 6) is 0. The van der Waals surface area contributed by atoms with E-state index < -0.39 is 5.72 Å². The van der Waals surface area contributed by atoms with Crippen LogP contribution in [0, 0.1) is 0 Å². The molecule has 0 aromatic carbocycles. The summed E-state index contributed by atoms with van der Waals surface area (Å²) < 4.78 is 5.23. The minimum Gasteiger partial charge on any atom is -0.381 e. The van der Waals surface area contributed by atoms with Crippen molar-refractivity contribution in [2.75, 3.05) is 26.3 Å². The van der Waals surface area contributed by atoms with Gasteiger partial charge in [-0.1, -0.05) is 0 Å². The number of ether oxygens (including phenoxy) is 1. The van der Waals surface area contributed by atoms with Crippen LogP contribution in [-0.4, -0.2) is 54.2 Å². The highest BCUT2D eigenvalue weighted by molar-refractivity contribution is 5.33. The van der Waals surface area contributed by atoms with Gasteiger partial charge in [-0.15, -0.1) is 0 Å². The third kappa shape index (κ3) is 2.26. The van der Waals surface area contributed by atoms with E-state index in [1.807, 2.05) is 4.90 Å². The average molecular weight is 212 g/mol.